The number of likely N-dealkylation sites (N-methyl/N-ethyl adjacent to an activating group) is 2. The Bertz CT molecular complexity index is 453. The smallest absolute Gasteiger partial charge is 0.144 e. The van der Waals surface area contributed by atoms with Gasteiger partial charge in [0.25, 0.3) is 0 Å². The van der Waals surface area contributed by atoms with Crippen LogP contribution >= 0.6 is 15.9 Å². The molecule has 1 aromatic rings. The van der Waals surface area contributed by atoms with Gasteiger partial charge in [-0.1, -0.05) is 0 Å². The van der Waals surface area contributed by atoms with Crippen LogP contribution in [0, 0.1) is 11.6 Å². The fourth-order valence-electron chi connectivity index (χ4n) is 2.59. The second-order valence-corrected chi connectivity index (χ2v) is 6.15. The Balaban J connectivity index is 2.10. The monoisotopic (exact) mass is 332 g/mol. The average molecular weight is 333 g/mol. The van der Waals surface area contributed by atoms with Crippen LogP contribution in [-0.4, -0.2) is 43.0 Å². The van der Waals surface area contributed by atoms with E-state index < -0.39 is 11.6 Å². The number of piperidine rings is 1. The molecule has 2 rings (SSSR count). The highest BCUT2D eigenvalue weighted by Gasteiger charge is 2.23. The molecule has 106 valence electrons. The fraction of sp³-hybridized carbons (Fsp3) is 0.571. The van der Waals surface area contributed by atoms with Crippen molar-refractivity contribution in [1.29, 1.82) is 0 Å². The number of rotatable bonds is 3. The summed E-state index contributed by atoms with van der Waals surface area (Å²) < 4.78 is 28.0. The Hall–Kier alpha value is -0.520. The summed E-state index contributed by atoms with van der Waals surface area (Å²) in [4.78, 5) is 4.31. The van der Waals surface area contributed by atoms with Crippen molar-refractivity contribution in [3.63, 3.8) is 0 Å². The van der Waals surface area contributed by atoms with E-state index in [4.69, 9.17) is 0 Å². The zero-order chi connectivity index (χ0) is 14.0. The number of likely N-dealkylation sites (tertiary alicyclic amines) is 1. The summed E-state index contributed by atoms with van der Waals surface area (Å²) >= 11 is 3.11. The molecule has 0 spiro atoms. The van der Waals surface area contributed by atoms with Gasteiger partial charge < -0.3 is 4.90 Å². The van der Waals surface area contributed by atoms with Crippen molar-refractivity contribution in [3.05, 3.63) is 33.8 Å². The maximum Gasteiger partial charge on any atom is 0.144 e. The lowest BCUT2D eigenvalue weighted by Crippen LogP contribution is -2.44. The summed E-state index contributed by atoms with van der Waals surface area (Å²) in [6.45, 7) is 2.35. The Morgan fingerprint density at radius 3 is 2.84 bits per heavy atom. The zero-order valence-corrected chi connectivity index (χ0v) is 12.9. The summed E-state index contributed by atoms with van der Waals surface area (Å²) in [6.07, 6.45) is 2.22. The number of nitrogens with zero attached hydrogens (tertiary/aromatic N) is 2. The van der Waals surface area contributed by atoms with Gasteiger partial charge in [-0.25, -0.2) is 8.78 Å². The lowest BCUT2D eigenvalue weighted by molar-refractivity contribution is 0.127. The van der Waals surface area contributed by atoms with Gasteiger partial charge in [0.1, 0.15) is 11.6 Å². The van der Waals surface area contributed by atoms with Crippen LogP contribution in [0.2, 0.25) is 0 Å². The van der Waals surface area contributed by atoms with Gasteiger partial charge in [0.2, 0.25) is 0 Å². The fourth-order valence-corrected chi connectivity index (χ4v) is 2.96. The lowest BCUT2D eigenvalue weighted by atomic mass is 10.0. The molecular formula is C14H19BrF2N2. The molecule has 0 bridgehead atoms. The predicted molar refractivity (Wildman–Crippen MR) is 76.0 cm³/mol. The molecule has 0 radical (unpaired) electrons. The third kappa shape index (κ3) is 3.52. The van der Waals surface area contributed by atoms with Gasteiger partial charge in [-0.15, -0.1) is 0 Å². The molecule has 1 atom stereocenters. The summed E-state index contributed by atoms with van der Waals surface area (Å²) in [5, 5.41) is 0. The second-order valence-electron chi connectivity index (χ2n) is 5.30. The van der Waals surface area contributed by atoms with Gasteiger partial charge in [-0.05, 0) is 61.5 Å². The first kappa shape index (κ1) is 14.9. The predicted octanol–water partition coefficient (Wildman–Crippen LogP) is 3.25. The third-order valence-corrected chi connectivity index (χ3v) is 4.38. The first-order valence-corrected chi connectivity index (χ1v) is 7.29. The van der Waals surface area contributed by atoms with Gasteiger partial charge in [-0.3, -0.25) is 4.90 Å². The normalized spacial score (nSPS) is 21.1. The third-order valence-electron chi connectivity index (χ3n) is 3.77. The van der Waals surface area contributed by atoms with E-state index in [1.165, 1.54) is 12.1 Å². The lowest BCUT2D eigenvalue weighted by Gasteiger charge is -2.36. The van der Waals surface area contributed by atoms with Gasteiger partial charge >= 0.3 is 0 Å². The Morgan fingerprint density at radius 2 is 2.16 bits per heavy atom. The van der Waals surface area contributed by atoms with Crippen molar-refractivity contribution < 1.29 is 8.78 Å². The Kier molecular flexibility index (Phi) is 4.92. The molecule has 1 saturated heterocycles. The Morgan fingerprint density at radius 1 is 1.42 bits per heavy atom. The number of hydrogen-bond acceptors (Lipinski definition) is 2. The molecule has 0 saturated carbocycles. The first-order chi connectivity index (χ1) is 8.99. The first-order valence-electron chi connectivity index (χ1n) is 6.50. The van der Waals surface area contributed by atoms with E-state index in [0.29, 0.717) is 17.1 Å². The molecule has 1 aromatic carbocycles. The van der Waals surface area contributed by atoms with E-state index in [1.807, 2.05) is 11.9 Å². The van der Waals surface area contributed by atoms with Crippen molar-refractivity contribution in [1.82, 2.24) is 9.80 Å². The topological polar surface area (TPSA) is 6.48 Å². The van der Waals surface area contributed by atoms with Gasteiger partial charge in [0.15, 0.2) is 0 Å². The van der Waals surface area contributed by atoms with Gasteiger partial charge in [0, 0.05) is 24.7 Å². The van der Waals surface area contributed by atoms with Crippen LogP contribution in [0.3, 0.4) is 0 Å². The molecule has 1 unspecified atom stereocenters. The van der Waals surface area contributed by atoms with Crippen molar-refractivity contribution in [2.24, 2.45) is 0 Å². The van der Waals surface area contributed by atoms with Crippen LogP contribution in [0.25, 0.3) is 0 Å². The zero-order valence-electron chi connectivity index (χ0n) is 11.3. The van der Waals surface area contributed by atoms with Crippen molar-refractivity contribution >= 4 is 15.9 Å². The summed E-state index contributed by atoms with van der Waals surface area (Å²) in [5.74, 6) is -0.965. The number of benzene rings is 1. The van der Waals surface area contributed by atoms with Crippen LogP contribution in [-0.2, 0) is 6.54 Å². The largest absolute Gasteiger partial charge is 0.305 e. The molecule has 5 heteroatoms. The molecule has 1 fully saturated rings. The second kappa shape index (κ2) is 6.29. The standard InChI is InChI=1S/C14H19BrF2N2/c1-18-7-3-4-10(8-18)19(2)9-11-13(16)6-5-12(15)14(11)17/h5-6,10H,3-4,7-9H2,1-2H3. The molecule has 0 aromatic heterocycles. The van der Waals surface area contributed by atoms with Gasteiger partial charge in [-0.2, -0.15) is 0 Å². The van der Waals surface area contributed by atoms with Crippen molar-refractivity contribution in [2.45, 2.75) is 25.4 Å². The summed E-state index contributed by atoms with van der Waals surface area (Å²) in [5.41, 5.74) is 0.144. The van der Waals surface area contributed by atoms with E-state index in [9.17, 15) is 8.78 Å². The van der Waals surface area contributed by atoms with Crippen LogP contribution in [0.15, 0.2) is 16.6 Å². The van der Waals surface area contributed by atoms with E-state index in [2.05, 4.69) is 27.9 Å². The highest BCUT2D eigenvalue weighted by molar-refractivity contribution is 9.10. The molecule has 1 aliphatic rings. The minimum atomic E-state index is -0.490. The van der Waals surface area contributed by atoms with E-state index in [1.54, 1.807) is 0 Å². The maximum absolute atomic E-state index is 13.9. The molecule has 19 heavy (non-hydrogen) atoms. The average Bonchev–Trinajstić information content (AvgIpc) is 2.39. The maximum atomic E-state index is 13.9. The summed E-state index contributed by atoms with van der Waals surface area (Å²) in [6, 6.07) is 3.07. The van der Waals surface area contributed by atoms with Crippen LogP contribution in [0.1, 0.15) is 18.4 Å². The summed E-state index contributed by atoms with van der Waals surface area (Å²) in [7, 11) is 4.02. The Labute approximate surface area is 121 Å². The van der Waals surface area contributed by atoms with E-state index in [0.717, 1.165) is 25.9 Å². The van der Waals surface area contributed by atoms with Crippen molar-refractivity contribution in [3.8, 4) is 0 Å². The number of hydrogen-bond donors (Lipinski definition) is 0. The quantitative estimate of drug-likeness (QED) is 0.784. The van der Waals surface area contributed by atoms with Gasteiger partial charge in [0.05, 0.1) is 4.47 Å². The molecular weight excluding hydrogens is 314 g/mol. The van der Waals surface area contributed by atoms with E-state index in [-0.39, 0.29) is 5.56 Å². The van der Waals surface area contributed by atoms with Crippen molar-refractivity contribution in [2.75, 3.05) is 27.2 Å². The SMILES string of the molecule is CN1CCCC(N(C)Cc2c(F)ccc(Br)c2F)C1. The van der Waals surface area contributed by atoms with Crippen LogP contribution in [0.4, 0.5) is 8.78 Å². The number of halogens is 3. The highest BCUT2D eigenvalue weighted by atomic mass is 79.9. The molecule has 1 heterocycles. The highest BCUT2D eigenvalue weighted by Crippen LogP contribution is 2.24. The molecule has 0 aliphatic carbocycles. The molecule has 2 nitrogen and oxygen atoms in total. The minimum absolute atomic E-state index is 0.144. The molecule has 0 N–H and O–H groups in total. The molecule has 1 aliphatic heterocycles. The van der Waals surface area contributed by atoms with Crippen LogP contribution in [0.5, 0.6) is 0 Å². The molecule has 0 amide bonds. The minimum Gasteiger partial charge on any atom is -0.305 e. The van der Waals surface area contributed by atoms with Crippen LogP contribution < -0.4 is 0 Å². The van der Waals surface area contributed by atoms with E-state index >= 15 is 0 Å².